The Morgan fingerprint density at radius 2 is 1.75 bits per heavy atom. The third-order valence-electron chi connectivity index (χ3n) is 4.72. The monoisotopic (exact) mass is 347 g/mol. The zero-order valence-electron chi connectivity index (χ0n) is 16.5. The third-order valence-corrected chi connectivity index (χ3v) is 9.20. The van der Waals surface area contributed by atoms with Gasteiger partial charge in [-0.2, -0.15) is 0 Å². The van der Waals surface area contributed by atoms with E-state index in [2.05, 4.69) is 72.6 Å². The SMILES string of the molecule is C=C(CO[Si](C)(C)C(C)(C)C)C(=O)Nc1cccc(C(C)(C)C)c1. The molecule has 0 aromatic heterocycles. The fourth-order valence-corrected chi connectivity index (χ4v) is 2.80. The molecule has 1 rings (SSSR count). The smallest absolute Gasteiger partial charge is 0.253 e. The van der Waals surface area contributed by atoms with Crippen LogP contribution in [0.3, 0.4) is 0 Å². The van der Waals surface area contributed by atoms with Gasteiger partial charge in [-0.15, -0.1) is 0 Å². The lowest BCUT2D eigenvalue weighted by Gasteiger charge is -2.36. The van der Waals surface area contributed by atoms with E-state index in [1.807, 2.05) is 18.2 Å². The molecule has 0 atom stereocenters. The molecule has 0 unspecified atom stereocenters. The van der Waals surface area contributed by atoms with Crippen LogP contribution >= 0.6 is 0 Å². The van der Waals surface area contributed by atoms with Crippen molar-refractivity contribution in [3.63, 3.8) is 0 Å². The van der Waals surface area contributed by atoms with Crippen molar-refractivity contribution in [1.29, 1.82) is 0 Å². The fourth-order valence-electron chi connectivity index (χ4n) is 1.83. The second kappa shape index (κ2) is 7.24. The first-order valence-electron chi connectivity index (χ1n) is 8.48. The minimum Gasteiger partial charge on any atom is -0.412 e. The second-order valence-corrected chi connectivity index (χ2v) is 13.7. The van der Waals surface area contributed by atoms with Crippen LogP contribution in [0.25, 0.3) is 0 Å². The van der Waals surface area contributed by atoms with Gasteiger partial charge in [0.2, 0.25) is 0 Å². The van der Waals surface area contributed by atoms with E-state index in [0.717, 1.165) is 5.69 Å². The largest absolute Gasteiger partial charge is 0.412 e. The van der Waals surface area contributed by atoms with Crippen LogP contribution in [0.15, 0.2) is 36.4 Å². The number of hydrogen-bond acceptors (Lipinski definition) is 2. The fraction of sp³-hybridized carbons (Fsp3) is 0.550. The summed E-state index contributed by atoms with van der Waals surface area (Å²) >= 11 is 0. The molecule has 0 radical (unpaired) electrons. The molecule has 4 heteroatoms. The van der Waals surface area contributed by atoms with Gasteiger partial charge in [0.25, 0.3) is 5.91 Å². The van der Waals surface area contributed by atoms with Crippen molar-refractivity contribution in [3.8, 4) is 0 Å². The maximum atomic E-state index is 12.4. The van der Waals surface area contributed by atoms with Gasteiger partial charge in [0.1, 0.15) is 0 Å². The zero-order valence-corrected chi connectivity index (χ0v) is 17.5. The molecule has 1 N–H and O–H groups in total. The summed E-state index contributed by atoms with van der Waals surface area (Å²) < 4.78 is 6.07. The second-order valence-electron chi connectivity index (χ2n) is 8.94. The molecule has 1 aromatic rings. The van der Waals surface area contributed by atoms with Gasteiger partial charge >= 0.3 is 0 Å². The van der Waals surface area contributed by atoms with Crippen LogP contribution in [0.1, 0.15) is 47.1 Å². The minimum atomic E-state index is -1.88. The zero-order chi connectivity index (χ0) is 18.8. The third kappa shape index (κ3) is 5.60. The summed E-state index contributed by atoms with van der Waals surface area (Å²) in [5.41, 5.74) is 2.48. The van der Waals surface area contributed by atoms with Gasteiger partial charge < -0.3 is 9.74 Å². The van der Waals surface area contributed by atoms with Crippen molar-refractivity contribution in [2.75, 3.05) is 11.9 Å². The summed E-state index contributed by atoms with van der Waals surface area (Å²) in [4.78, 5) is 12.4. The van der Waals surface area contributed by atoms with E-state index in [1.165, 1.54) is 5.56 Å². The van der Waals surface area contributed by atoms with Gasteiger partial charge in [-0.1, -0.05) is 60.3 Å². The van der Waals surface area contributed by atoms with Crippen molar-refractivity contribution in [2.45, 2.75) is 65.1 Å². The number of hydrogen-bond donors (Lipinski definition) is 1. The number of carbonyl (C=O) groups is 1. The Labute approximate surface area is 148 Å². The van der Waals surface area contributed by atoms with Gasteiger partial charge in [0, 0.05) is 11.3 Å². The topological polar surface area (TPSA) is 38.3 Å². The standard InChI is InChI=1S/C20H33NO2Si/c1-15(14-23-24(8,9)20(5,6)7)18(22)21-17-12-10-11-16(13-17)19(2,3)4/h10-13H,1,14H2,2-9H3,(H,21,22). The minimum absolute atomic E-state index is 0.0448. The average molecular weight is 348 g/mol. The molecule has 0 saturated heterocycles. The molecule has 0 aliphatic heterocycles. The Hall–Kier alpha value is -1.39. The lowest BCUT2D eigenvalue weighted by Crippen LogP contribution is -2.41. The van der Waals surface area contributed by atoms with Crippen molar-refractivity contribution in [1.82, 2.24) is 0 Å². The molecule has 0 aliphatic rings. The highest BCUT2D eigenvalue weighted by Gasteiger charge is 2.37. The lowest BCUT2D eigenvalue weighted by molar-refractivity contribution is -0.113. The number of rotatable bonds is 5. The molecule has 1 aromatic carbocycles. The predicted molar refractivity (Wildman–Crippen MR) is 106 cm³/mol. The van der Waals surface area contributed by atoms with E-state index >= 15 is 0 Å². The van der Waals surface area contributed by atoms with Crippen LogP contribution in [0, 0.1) is 0 Å². The van der Waals surface area contributed by atoms with Crippen LogP contribution in [-0.4, -0.2) is 20.8 Å². The average Bonchev–Trinajstić information content (AvgIpc) is 2.43. The van der Waals surface area contributed by atoms with Crippen molar-refractivity contribution >= 4 is 19.9 Å². The maximum absolute atomic E-state index is 12.4. The Morgan fingerprint density at radius 1 is 1.17 bits per heavy atom. The molecule has 134 valence electrons. The van der Waals surface area contributed by atoms with E-state index in [0.29, 0.717) is 5.57 Å². The van der Waals surface area contributed by atoms with Crippen molar-refractivity contribution < 1.29 is 9.22 Å². The lowest BCUT2D eigenvalue weighted by atomic mass is 9.87. The van der Waals surface area contributed by atoms with Crippen LogP contribution in [-0.2, 0) is 14.6 Å². The molecular weight excluding hydrogens is 314 g/mol. The van der Waals surface area contributed by atoms with Crippen molar-refractivity contribution in [3.05, 3.63) is 42.0 Å². The molecule has 0 aliphatic carbocycles. The molecule has 0 spiro atoms. The summed E-state index contributed by atoms with van der Waals surface area (Å²) in [7, 11) is -1.88. The number of amides is 1. The quantitative estimate of drug-likeness (QED) is 0.564. The maximum Gasteiger partial charge on any atom is 0.253 e. The van der Waals surface area contributed by atoms with E-state index in [1.54, 1.807) is 0 Å². The molecule has 0 heterocycles. The molecule has 0 fully saturated rings. The Balaban J connectivity index is 2.71. The van der Waals surface area contributed by atoms with Gasteiger partial charge in [0.05, 0.1) is 6.61 Å². The van der Waals surface area contributed by atoms with Crippen LogP contribution in [0.5, 0.6) is 0 Å². The van der Waals surface area contributed by atoms with E-state index in [4.69, 9.17) is 4.43 Å². The molecule has 0 saturated carbocycles. The Morgan fingerprint density at radius 3 is 2.25 bits per heavy atom. The van der Waals surface area contributed by atoms with Crippen LogP contribution in [0.4, 0.5) is 5.69 Å². The van der Waals surface area contributed by atoms with Gasteiger partial charge in [-0.3, -0.25) is 4.79 Å². The first-order valence-corrected chi connectivity index (χ1v) is 11.4. The van der Waals surface area contributed by atoms with Gasteiger partial charge in [-0.25, -0.2) is 0 Å². The highest BCUT2D eigenvalue weighted by atomic mass is 28.4. The first kappa shape index (κ1) is 20.7. The van der Waals surface area contributed by atoms with E-state index in [-0.39, 0.29) is 23.0 Å². The molecule has 0 bridgehead atoms. The molecular formula is C20H33NO2Si. The number of anilines is 1. The highest BCUT2D eigenvalue weighted by molar-refractivity contribution is 6.74. The summed E-state index contributed by atoms with van der Waals surface area (Å²) in [6, 6.07) is 7.95. The van der Waals surface area contributed by atoms with Crippen LogP contribution in [0.2, 0.25) is 18.1 Å². The van der Waals surface area contributed by atoms with Gasteiger partial charge in [-0.05, 0) is 41.2 Å². The summed E-state index contributed by atoms with van der Waals surface area (Å²) in [6.07, 6.45) is 0. The van der Waals surface area contributed by atoms with Crippen molar-refractivity contribution in [2.24, 2.45) is 0 Å². The number of carbonyl (C=O) groups excluding carboxylic acids is 1. The number of nitrogens with one attached hydrogen (secondary N) is 1. The van der Waals surface area contributed by atoms with E-state index < -0.39 is 8.32 Å². The summed E-state index contributed by atoms with van der Waals surface area (Å²) in [5.74, 6) is -0.181. The molecule has 3 nitrogen and oxygen atoms in total. The highest BCUT2D eigenvalue weighted by Crippen LogP contribution is 2.36. The Bertz CT molecular complexity index is 607. The molecule has 1 amide bonds. The van der Waals surface area contributed by atoms with E-state index in [9.17, 15) is 4.79 Å². The first-order chi connectivity index (χ1) is 10.7. The summed E-state index contributed by atoms with van der Waals surface area (Å²) in [6.45, 7) is 21.5. The predicted octanol–water partition coefficient (Wildman–Crippen LogP) is 5.50. The normalized spacial score (nSPS) is 12.8. The van der Waals surface area contributed by atoms with Gasteiger partial charge in [0.15, 0.2) is 8.32 Å². The number of benzene rings is 1. The summed E-state index contributed by atoms with van der Waals surface area (Å²) in [5, 5.41) is 3.04. The van der Waals surface area contributed by atoms with Crippen LogP contribution < -0.4 is 5.32 Å². The Kier molecular flexibility index (Phi) is 6.23. The molecule has 24 heavy (non-hydrogen) atoms.